The summed E-state index contributed by atoms with van der Waals surface area (Å²) >= 11 is 3.94. The summed E-state index contributed by atoms with van der Waals surface area (Å²) in [4.78, 5) is 11.5. The molecule has 0 aromatic heterocycles. The van der Waals surface area contributed by atoms with Gasteiger partial charge in [0, 0.05) is 0 Å². The average molecular weight is 300 g/mol. The topological polar surface area (TPSA) is 26.3 Å². The van der Waals surface area contributed by atoms with Crippen molar-refractivity contribution in [2.75, 3.05) is 0 Å². The molecule has 1 unspecified atom stereocenters. The van der Waals surface area contributed by atoms with Gasteiger partial charge in [-0.1, -0.05) is 43.3 Å². The zero-order chi connectivity index (χ0) is 15.4. The lowest BCUT2D eigenvalue weighted by molar-refractivity contribution is -0.111. The minimum Gasteiger partial charge on any atom is -0.489 e. The van der Waals surface area contributed by atoms with Crippen LogP contribution in [0.15, 0.2) is 42.5 Å². The van der Waals surface area contributed by atoms with Gasteiger partial charge in [-0.2, -0.15) is 0 Å². The van der Waals surface area contributed by atoms with Crippen molar-refractivity contribution in [1.29, 1.82) is 0 Å². The van der Waals surface area contributed by atoms with Crippen molar-refractivity contribution in [3.8, 4) is 5.75 Å². The van der Waals surface area contributed by atoms with Crippen molar-refractivity contribution in [2.45, 2.75) is 33.3 Å². The normalized spacial score (nSPS) is 12.0. The van der Waals surface area contributed by atoms with E-state index in [-0.39, 0.29) is 11.0 Å². The molecule has 2 nitrogen and oxygen atoms in total. The number of carbonyl (C=O) groups excluding carboxylic acids is 1. The molecule has 1 atom stereocenters. The standard InChI is InChI=1S/C18H20O2S/c1-12-8-9-13(2)17(10-12)20-11-15-6-4-5-7-16(15)14(3)18(19)21/h4-10,14H,11H2,1-3H3,(H,19,21). The van der Waals surface area contributed by atoms with Gasteiger partial charge in [0.15, 0.2) is 5.12 Å². The van der Waals surface area contributed by atoms with E-state index in [1.54, 1.807) is 0 Å². The van der Waals surface area contributed by atoms with Gasteiger partial charge in [0.05, 0.1) is 5.92 Å². The lowest BCUT2D eigenvalue weighted by atomic mass is 9.97. The molecule has 0 amide bonds. The van der Waals surface area contributed by atoms with Crippen LogP contribution in [-0.2, 0) is 11.4 Å². The van der Waals surface area contributed by atoms with Crippen LogP contribution in [0.3, 0.4) is 0 Å². The van der Waals surface area contributed by atoms with Crippen molar-refractivity contribution in [1.82, 2.24) is 0 Å². The maximum Gasteiger partial charge on any atom is 0.193 e. The van der Waals surface area contributed by atoms with Crippen LogP contribution < -0.4 is 4.74 Å². The summed E-state index contributed by atoms with van der Waals surface area (Å²) < 4.78 is 5.94. The highest BCUT2D eigenvalue weighted by Gasteiger charge is 2.15. The van der Waals surface area contributed by atoms with Crippen LogP contribution >= 0.6 is 12.6 Å². The third kappa shape index (κ3) is 3.88. The second-order valence-electron chi connectivity index (χ2n) is 5.32. The molecule has 0 saturated heterocycles. The van der Waals surface area contributed by atoms with E-state index >= 15 is 0 Å². The summed E-state index contributed by atoms with van der Waals surface area (Å²) in [5.41, 5.74) is 4.27. The van der Waals surface area contributed by atoms with E-state index in [1.165, 1.54) is 5.56 Å². The predicted octanol–water partition coefficient (Wildman–Crippen LogP) is 4.44. The molecule has 3 heteroatoms. The third-order valence-corrected chi connectivity index (χ3v) is 4.01. The van der Waals surface area contributed by atoms with Crippen LogP contribution in [0.2, 0.25) is 0 Å². The van der Waals surface area contributed by atoms with Crippen LogP contribution in [0.25, 0.3) is 0 Å². The average Bonchev–Trinajstić information content (AvgIpc) is 2.47. The Morgan fingerprint density at radius 1 is 1.19 bits per heavy atom. The molecule has 2 aromatic carbocycles. The Bertz CT molecular complexity index is 649. The summed E-state index contributed by atoms with van der Waals surface area (Å²) in [5.74, 6) is 0.654. The lowest BCUT2D eigenvalue weighted by Gasteiger charge is -2.15. The van der Waals surface area contributed by atoms with Crippen molar-refractivity contribution < 1.29 is 9.53 Å². The highest BCUT2D eigenvalue weighted by Crippen LogP contribution is 2.25. The Morgan fingerprint density at radius 3 is 2.62 bits per heavy atom. The molecule has 0 fully saturated rings. The summed E-state index contributed by atoms with van der Waals surface area (Å²) in [7, 11) is 0. The lowest BCUT2D eigenvalue weighted by Crippen LogP contribution is -2.08. The molecule has 2 rings (SSSR count). The summed E-state index contributed by atoms with van der Waals surface area (Å²) in [5, 5.41) is -0.130. The number of aryl methyl sites for hydroxylation is 2. The third-order valence-electron chi connectivity index (χ3n) is 3.62. The minimum atomic E-state index is -0.230. The molecule has 0 bridgehead atoms. The van der Waals surface area contributed by atoms with Gasteiger partial charge in [-0.3, -0.25) is 4.79 Å². The van der Waals surface area contributed by atoms with Gasteiger partial charge >= 0.3 is 0 Å². The SMILES string of the molecule is Cc1ccc(C)c(OCc2ccccc2C(C)C(=O)S)c1. The fourth-order valence-corrected chi connectivity index (χ4v) is 2.38. The maximum atomic E-state index is 11.5. The number of hydrogen-bond donors (Lipinski definition) is 1. The number of ether oxygens (including phenoxy) is 1. The zero-order valence-corrected chi connectivity index (χ0v) is 13.5. The number of hydrogen-bond acceptors (Lipinski definition) is 2. The summed E-state index contributed by atoms with van der Waals surface area (Å²) in [6, 6.07) is 14.0. The Hall–Kier alpha value is -1.74. The molecule has 110 valence electrons. The molecule has 0 heterocycles. The van der Waals surface area contributed by atoms with Crippen LogP contribution in [0.4, 0.5) is 0 Å². The quantitative estimate of drug-likeness (QED) is 0.826. The first-order valence-corrected chi connectivity index (χ1v) is 7.44. The van der Waals surface area contributed by atoms with Gasteiger partial charge in [0.2, 0.25) is 0 Å². The maximum absolute atomic E-state index is 11.5. The Balaban J connectivity index is 2.20. The molecule has 0 aliphatic carbocycles. The van der Waals surface area contributed by atoms with Gasteiger partial charge < -0.3 is 4.74 Å². The van der Waals surface area contributed by atoms with Gasteiger partial charge in [-0.25, -0.2) is 0 Å². The highest BCUT2D eigenvalue weighted by molar-refractivity contribution is 7.96. The smallest absolute Gasteiger partial charge is 0.193 e. The molecular weight excluding hydrogens is 280 g/mol. The first-order valence-electron chi connectivity index (χ1n) is 6.99. The van der Waals surface area contributed by atoms with Crippen LogP contribution in [0.5, 0.6) is 5.75 Å². The van der Waals surface area contributed by atoms with E-state index in [2.05, 4.69) is 24.8 Å². The molecular formula is C18H20O2S. The minimum absolute atomic E-state index is 0.130. The van der Waals surface area contributed by atoms with E-state index in [0.29, 0.717) is 6.61 Å². The van der Waals surface area contributed by atoms with Gasteiger partial charge in [-0.15, -0.1) is 12.6 Å². The monoisotopic (exact) mass is 300 g/mol. The molecule has 0 aliphatic rings. The first kappa shape index (κ1) is 15.6. The van der Waals surface area contributed by atoms with E-state index in [1.807, 2.05) is 51.1 Å². The van der Waals surface area contributed by atoms with Gasteiger partial charge in [0.25, 0.3) is 0 Å². The van der Waals surface area contributed by atoms with Crippen LogP contribution in [0.1, 0.15) is 35.1 Å². The molecule has 0 saturated carbocycles. The number of rotatable bonds is 5. The molecule has 0 radical (unpaired) electrons. The van der Waals surface area contributed by atoms with Crippen LogP contribution in [-0.4, -0.2) is 5.12 Å². The number of carbonyl (C=O) groups is 1. The molecule has 0 spiro atoms. The van der Waals surface area contributed by atoms with E-state index < -0.39 is 0 Å². The van der Waals surface area contributed by atoms with Crippen LogP contribution in [0, 0.1) is 13.8 Å². The van der Waals surface area contributed by atoms with E-state index in [9.17, 15) is 4.79 Å². The summed E-state index contributed by atoms with van der Waals surface area (Å²) in [6.07, 6.45) is 0. The van der Waals surface area contributed by atoms with Crippen molar-refractivity contribution in [3.05, 3.63) is 64.7 Å². The van der Waals surface area contributed by atoms with E-state index in [4.69, 9.17) is 4.74 Å². The predicted molar refractivity (Wildman–Crippen MR) is 89.1 cm³/mol. The number of thiol groups is 1. The number of benzene rings is 2. The second kappa shape index (κ2) is 6.81. The molecule has 0 aliphatic heterocycles. The highest BCUT2D eigenvalue weighted by atomic mass is 32.1. The Labute approximate surface area is 131 Å². The second-order valence-corrected chi connectivity index (χ2v) is 5.76. The molecule has 0 N–H and O–H groups in total. The largest absolute Gasteiger partial charge is 0.489 e. The Morgan fingerprint density at radius 2 is 1.90 bits per heavy atom. The van der Waals surface area contributed by atoms with Crippen molar-refractivity contribution in [3.63, 3.8) is 0 Å². The zero-order valence-electron chi connectivity index (χ0n) is 12.6. The van der Waals surface area contributed by atoms with Gasteiger partial charge in [-0.05, 0) is 42.2 Å². The van der Waals surface area contributed by atoms with E-state index in [0.717, 1.165) is 22.4 Å². The Kier molecular flexibility index (Phi) is 5.07. The van der Waals surface area contributed by atoms with Crippen molar-refractivity contribution in [2.24, 2.45) is 0 Å². The van der Waals surface area contributed by atoms with Gasteiger partial charge in [0.1, 0.15) is 12.4 Å². The molecule has 2 aromatic rings. The fourth-order valence-electron chi connectivity index (χ4n) is 2.24. The fraction of sp³-hybridized carbons (Fsp3) is 0.278. The first-order chi connectivity index (χ1) is 9.99. The molecule has 21 heavy (non-hydrogen) atoms. The summed E-state index contributed by atoms with van der Waals surface area (Å²) in [6.45, 7) is 6.39. The van der Waals surface area contributed by atoms with Crippen molar-refractivity contribution >= 4 is 17.7 Å².